The Morgan fingerprint density at radius 1 is 1.08 bits per heavy atom. The van der Waals surface area contributed by atoms with Gasteiger partial charge in [-0.1, -0.05) is 44.7 Å². The molecule has 1 aromatic heterocycles. The molecular weight excluding hydrogens is 318 g/mol. The van der Waals surface area contributed by atoms with Gasteiger partial charge in [0.2, 0.25) is 0 Å². The second-order valence-electron chi connectivity index (χ2n) is 6.19. The normalized spacial score (nSPS) is 12.4. The quantitative estimate of drug-likeness (QED) is 0.605. The molecule has 5 heteroatoms. The van der Waals surface area contributed by atoms with Crippen LogP contribution >= 0.6 is 11.8 Å². The summed E-state index contributed by atoms with van der Waals surface area (Å²) in [6, 6.07) is 12.2. The number of aromatic nitrogens is 1. The molecule has 2 aromatic rings. The predicted octanol–water partition coefficient (Wildman–Crippen LogP) is 4.35. The maximum atomic E-state index is 8.14. The lowest BCUT2D eigenvalue weighted by Gasteiger charge is -2.14. The second-order valence-corrected chi connectivity index (χ2v) is 7.33. The fraction of sp³-hybridized carbons (Fsp3) is 0.368. The van der Waals surface area contributed by atoms with Crippen molar-refractivity contribution < 1.29 is 4.74 Å². The van der Waals surface area contributed by atoms with Crippen molar-refractivity contribution in [3.8, 4) is 0 Å². The fourth-order valence-electron chi connectivity index (χ4n) is 2.37. The van der Waals surface area contributed by atoms with Gasteiger partial charge in [0.1, 0.15) is 11.3 Å². The standard InChI is InChI=1S/C19H25N3OS/c1-13(2)19(21)22-11-17(9-10-18(22)20)24-16-7-5-15(6-8-16)14(3)12-23-4/h5-11,13-14,20-21H,12H2,1-4H3. The first-order chi connectivity index (χ1) is 11.4. The third kappa shape index (κ3) is 4.58. The SMILES string of the molecule is COCC(C)c1ccc(Sc2ccc(=N)n(C(=N)C(C)C)c2)cc1. The third-order valence-corrected chi connectivity index (χ3v) is 4.81. The van der Waals surface area contributed by atoms with Crippen molar-refractivity contribution in [2.45, 2.75) is 36.5 Å². The average Bonchev–Trinajstić information content (AvgIpc) is 2.56. The van der Waals surface area contributed by atoms with Crippen LogP contribution in [0.2, 0.25) is 0 Å². The lowest BCUT2D eigenvalue weighted by Crippen LogP contribution is -2.28. The summed E-state index contributed by atoms with van der Waals surface area (Å²) in [5, 5.41) is 16.1. The van der Waals surface area contributed by atoms with Crippen molar-refractivity contribution in [3.63, 3.8) is 0 Å². The molecule has 128 valence electrons. The Hall–Kier alpha value is -1.85. The molecule has 0 aliphatic rings. The molecule has 2 N–H and O–H groups in total. The van der Waals surface area contributed by atoms with E-state index >= 15 is 0 Å². The van der Waals surface area contributed by atoms with Gasteiger partial charge < -0.3 is 4.74 Å². The zero-order chi connectivity index (χ0) is 17.7. The maximum absolute atomic E-state index is 8.14. The van der Waals surface area contributed by atoms with Crippen molar-refractivity contribution in [3.05, 3.63) is 53.6 Å². The van der Waals surface area contributed by atoms with Gasteiger partial charge in [-0.2, -0.15) is 0 Å². The summed E-state index contributed by atoms with van der Waals surface area (Å²) in [6.45, 7) is 6.80. The number of rotatable bonds is 6. The van der Waals surface area contributed by atoms with E-state index in [0.29, 0.717) is 17.2 Å². The minimum atomic E-state index is 0.0842. The summed E-state index contributed by atoms with van der Waals surface area (Å²) < 4.78 is 6.85. The second kappa shape index (κ2) is 8.31. The monoisotopic (exact) mass is 343 g/mol. The molecule has 1 heterocycles. The van der Waals surface area contributed by atoms with Gasteiger partial charge in [-0.05, 0) is 29.8 Å². The van der Waals surface area contributed by atoms with E-state index in [1.807, 2.05) is 26.1 Å². The highest BCUT2D eigenvalue weighted by molar-refractivity contribution is 7.99. The number of pyridine rings is 1. The number of nitrogens with zero attached hydrogens (tertiary/aromatic N) is 1. The summed E-state index contributed by atoms with van der Waals surface area (Å²) >= 11 is 1.64. The van der Waals surface area contributed by atoms with E-state index in [9.17, 15) is 0 Å². The smallest absolute Gasteiger partial charge is 0.130 e. The molecule has 1 aromatic carbocycles. The van der Waals surface area contributed by atoms with Gasteiger partial charge in [0.25, 0.3) is 0 Å². The molecule has 2 rings (SSSR count). The van der Waals surface area contributed by atoms with E-state index in [4.69, 9.17) is 15.6 Å². The number of hydrogen-bond acceptors (Lipinski definition) is 4. The van der Waals surface area contributed by atoms with Crippen LogP contribution in [0.3, 0.4) is 0 Å². The lowest BCUT2D eigenvalue weighted by atomic mass is 10.0. The number of benzene rings is 1. The van der Waals surface area contributed by atoms with Crippen LogP contribution < -0.4 is 5.49 Å². The van der Waals surface area contributed by atoms with Crippen molar-refractivity contribution in [2.75, 3.05) is 13.7 Å². The van der Waals surface area contributed by atoms with E-state index in [2.05, 4.69) is 31.2 Å². The highest BCUT2D eigenvalue weighted by Gasteiger charge is 2.08. The van der Waals surface area contributed by atoms with E-state index in [1.54, 1.807) is 29.5 Å². The minimum absolute atomic E-state index is 0.0842. The molecule has 0 aliphatic carbocycles. The van der Waals surface area contributed by atoms with Gasteiger partial charge in [-0.15, -0.1) is 0 Å². The first-order valence-electron chi connectivity index (χ1n) is 8.05. The average molecular weight is 343 g/mol. The van der Waals surface area contributed by atoms with Crippen LogP contribution in [0, 0.1) is 16.7 Å². The van der Waals surface area contributed by atoms with Crippen LogP contribution in [0.5, 0.6) is 0 Å². The van der Waals surface area contributed by atoms with Gasteiger partial charge in [0.15, 0.2) is 0 Å². The van der Waals surface area contributed by atoms with E-state index < -0.39 is 0 Å². The van der Waals surface area contributed by atoms with Crippen molar-refractivity contribution >= 4 is 17.6 Å². The zero-order valence-electron chi connectivity index (χ0n) is 14.7. The van der Waals surface area contributed by atoms with Gasteiger partial charge in [-0.25, -0.2) is 0 Å². The van der Waals surface area contributed by atoms with E-state index in [1.165, 1.54) is 5.56 Å². The molecule has 0 fully saturated rings. The van der Waals surface area contributed by atoms with Crippen LogP contribution in [-0.4, -0.2) is 24.1 Å². The Labute approximate surface area is 147 Å². The van der Waals surface area contributed by atoms with Crippen molar-refractivity contribution in [1.82, 2.24) is 4.57 Å². The molecule has 1 unspecified atom stereocenters. The van der Waals surface area contributed by atoms with Crippen LogP contribution in [-0.2, 0) is 4.74 Å². The first-order valence-corrected chi connectivity index (χ1v) is 8.87. The molecule has 0 spiro atoms. The molecule has 0 saturated carbocycles. The summed E-state index contributed by atoms with van der Waals surface area (Å²) in [4.78, 5) is 2.16. The lowest BCUT2D eigenvalue weighted by molar-refractivity contribution is 0.184. The molecular formula is C19H25N3OS. The fourth-order valence-corrected chi connectivity index (χ4v) is 3.20. The third-order valence-electron chi connectivity index (χ3n) is 3.83. The van der Waals surface area contributed by atoms with Crippen molar-refractivity contribution in [1.29, 1.82) is 10.8 Å². The maximum Gasteiger partial charge on any atom is 0.130 e. The van der Waals surface area contributed by atoms with Crippen LogP contribution in [0.4, 0.5) is 0 Å². The Morgan fingerprint density at radius 3 is 2.29 bits per heavy atom. The Balaban J connectivity index is 2.18. The Bertz CT molecular complexity index is 750. The minimum Gasteiger partial charge on any atom is -0.384 e. The molecule has 0 amide bonds. The summed E-state index contributed by atoms with van der Waals surface area (Å²) in [7, 11) is 1.72. The van der Waals surface area contributed by atoms with Gasteiger partial charge in [0, 0.05) is 34.9 Å². The van der Waals surface area contributed by atoms with Crippen LogP contribution in [0.25, 0.3) is 0 Å². The molecule has 4 nitrogen and oxygen atoms in total. The van der Waals surface area contributed by atoms with Gasteiger partial charge in [-0.3, -0.25) is 15.4 Å². The summed E-state index contributed by atoms with van der Waals surface area (Å²) in [5.74, 6) is 0.900. The molecule has 0 saturated heterocycles. The van der Waals surface area contributed by atoms with E-state index in [-0.39, 0.29) is 5.92 Å². The summed E-state index contributed by atoms with van der Waals surface area (Å²) in [5.41, 5.74) is 1.60. The van der Waals surface area contributed by atoms with E-state index in [0.717, 1.165) is 16.4 Å². The highest BCUT2D eigenvalue weighted by Crippen LogP contribution is 2.28. The molecule has 0 radical (unpaired) electrons. The Morgan fingerprint density at radius 2 is 1.71 bits per heavy atom. The topological polar surface area (TPSA) is 61.9 Å². The zero-order valence-corrected chi connectivity index (χ0v) is 15.5. The number of ether oxygens (including phenoxy) is 1. The molecule has 0 bridgehead atoms. The molecule has 1 atom stereocenters. The number of nitrogens with one attached hydrogen (secondary N) is 2. The largest absolute Gasteiger partial charge is 0.384 e. The number of methoxy groups -OCH3 is 1. The van der Waals surface area contributed by atoms with Crippen molar-refractivity contribution in [2.24, 2.45) is 5.92 Å². The van der Waals surface area contributed by atoms with Crippen LogP contribution in [0.1, 0.15) is 32.3 Å². The molecule has 0 aliphatic heterocycles. The van der Waals surface area contributed by atoms with Gasteiger partial charge in [0.05, 0.1) is 6.61 Å². The highest BCUT2D eigenvalue weighted by atomic mass is 32.2. The first kappa shape index (κ1) is 18.5. The number of hydrogen-bond donors (Lipinski definition) is 2. The van der Waals surface area contributed by atoms with Gasteiger partial charge >= 0.3 is 0 Å². The van der Waals surface area contributed by atoms with Crippen LogP contribution in [0.15, 0.2) is 52.4 Å². The Kier molecular flexibility index (Phi) is 6.40. The molecule has 24 heavy (non-hydrogen) atoms. The summed E-state index contributed by atoms with van der Waals surface area (Å²) in [6.07, 6.45) is 1.87. The predicted molar refractivity (Wildman–Crippen MR) is 99.1 cm³/mol.